The molecule has 0 unspecified atom stereocenters. The first kappa shape index (κ1) is 22.0. The third-order valence-electron chi connectivity index (χ3n) is 6.23. The Balaban J connectivity index is 1.27. The Morgan fingerprint density at radius 2 is 1.38 bits per heavy atom. The van der Waals surface area contributed by atoms with Crippen LogP contribution in [0.3, 0.4) is 0 Å². The second kappa shape index (κ2) is 11.4. The van der Waals surface area contributed by atoms with Crippen LogP contribution < -0.4 is 5.32 Å². The van der Waals surface area contributed by atoms with Crippen molar-refractivity contribution in [3.05, 3.63) is 114 Å². The maximum atomic E-state index is 12.9. The molecule has 3 aromatic carbocycles. The summed E-state index contributed by atoms with van der Waals surface area (Å²) in [5.74, 6) is 0.599. The number of hydrogen-bond donors (Lipinski definition) is 1. The third kappa shape index (κ3) is 6.41. The van der Waals surface area contributed by atoms with Gasteiger partial charge in [-0.2, -0.15) is 0 Å². The lowest BCUT2D eigenvalue weighted by atomic mass is 9.92. The number of hydrogen-bond acceptors (Lipinski definition) is 2. The van der Waals surface area contributed by atoms with E-state index in [1.807, 2.05) is 42.5 Å². The second-order valence-electron chi connectivity index (χ2n) is 8.58. The number of nitrogens with one attached hydrogen (secondary N) is 1. The van der Waals surface area contributed by atoms with Gasteiger partial charge in [-0.05, 0) is 48.5 Å². The maximum absolute atomic E-state index is 12.9. The van der Waals surface area contributed by atoms with Crippen LogP contribution in [0.1, 0.15) is 42.0 Å². The van der Waals surface area contributed by atoms with E-state index < -0.39 is 0 Å². The Morgan fingerprint density at radius 3 is 1.94 bits per heavy atom. The molecule has 3 aromatic rings. The Bertz CT molecular complexity index is 938. The van der Waals surface area contributed by atoms with E-state index in [0.29, 0.717) is 12.3 Å². The first-order valence-corrected chi connectivity index (χ1v) is 11.6. The third-order valence-corrected chi connectivity index (χ3v) is 6.23. The van der Waals surface area contributed by atoms with Gasteiger partial charge in [0.1, 0.15) is 0 Å². The van der Waals surface area contributed by atoms with Gasteiger partial charge in [-0.25, -0.2) is 0 Å². The zero-order valence-corrected chi connectivity index (χ0v) is 18.6. The van der Waals surface area contributed by atoms with Crippen molar-refractivity contribution < 1.29 is 4.79 Å². The molecule has 32 heavy (non-hydrogen) atoms. The van der Waals surface area contributed by atoms with Gasteiger partial charge in [0.25, 0.3) is 0 Å². The molecule has 0 radical (unpaired) electrons. The van der Waals surface area contributed by atoms with Gasteiger partial charge >= 0.3 is 0 Å². The SMILES string of the molecule is O=C(CC1CCN(C/C=C/c2ccccc2)CC1)NC(c1ccccc1)c1ccccc1. The molecule has 1 fully saturated rings. The van der Waals surface area contributed by atoms with Crippen LogP contribution in [-0.4, -0.2) is 30.4 Å². The molecule has 4 rings (SSSR count). The summed E-state index contributed by atoms with van der Waals surface area (Å²) in [6, 6.07) is 30.8. The van der Waals surface area contributed by atoms with Gasteiger partial charge in [-0.15, -0.1) is 0 Å². The fourth-order valence-corrected chi connectivity index (χ4v) is 4.41. The summed E-state index contributed by atoms with van der Waals surface area (Å²) >= 11 is 0. The predicted molar refractivity (Wildman–Crippen MR) is 132 cm³/mol. The topological polar surface area (TPSA) is 32.3 Å². The summed E-state index contributed by atoms with van der Waals surface area (Å²) in [5.41, 5.74) is 3.48. The Morgan fingerprint density at radius 1 is 0.844 bits per heavy atom. The summed E-state index contributed by atoms with van der Waals surface area (Å²) in [6.07, 6.45) is 7.19. The van der Waals surface area contributed by atoms with Crippen molar-refractivity contribution >= 4 is 12.0 Å². The van der Waals surface area contributed by atoms with E-state index in [4.69, 9.17) is 0 Å². The normalized spacial score (nSPS) is 15.3. The molecule has 0 atom stereocenters. The summed E-state index contributed by atoms with van der Waals surface area (Å²) in [6.45, 7) is 3.08. The highest BCUT2D eigenvalue weighted by Gasteiger charge is 2.23. The first-order chi connectivity index (χ1) is 15.8. The summed E-state index contributed by atoms with van der Waals surface area (Å²) < 4.78 is 0. The molecular formula is C29H32N2O. The number of carbonyl (C=O) groups excluding carboxylic acids is 1. The molecule has 1 aliphatic rings. The summed E-state index contributed by atoms with van der Waals surface area (Å²) in [5, 5.41) is 3.30. The number of carbonyl (C=O) groups is 1. The zero-order valence-electron chi connectivity index (χ0n) is 18.6. The van der Waals surface area contributed by atoms with Crippen LogP contribution in [0.15, 0.2) is 97.1 Å². The van der Waals surface area contributed by atoms with Gasteiger partial charge in [-0.3, -0.25) is 9.69 Å². The van der Waals surface area contributed by atoms with Gasteiger partial charge < -0.3 is 5.32 Å². The maximum Gasteiger partial charge on any atom is 0.221 e. The number of rotatable bonds is 8. The van der Waals surface area contributed by atoms with Crippen molar-refractivity contribution in [2.24, 2.45) is 5.92 Å². The van der Waals surface area contributed by atoms with Gasteiger partial charge in [0.15, 0.2) is 0 Å². The average Bonchev–Trinajstić information content (AvgIpc) is 2.85. The van der Waals surface area contributed by atoms with E-state index in [0.717, 1.165) is 43.6 Å². The highest BCUT2D eigenvalue weighted by molar-refractivity contribution is 5.77. The van der Waals surface area contributed by atoms with Crippen molar-refractivity contribution in [2.45, 2.75) is 25.3 Å². The molecule has 0 spiro atoms. The number of benzene rings is 3. The van der Waals surface area contributed by atoms with E-state index in [1.54, 1.807) is 0 Å². The van der Waals surface area contributed by atoms with Gasteiger partial charge in [-0.1, -0.05) is 103 Å². The number of likely N-dealkylation sites (tertiary alicyclic amines) is 1. The van der Waals surface area contributed by atoms with Crippen LogP contribution in [0.25, 0.3) is 6.08 Å². The Hall–Kier alpha value is -3.17. The molecule has 164 valence electrons. The van der Waals surface area contributed by atoms with Crippen LogP contribution in [0.5, 0.6) is 0 Å². The largest absolute Gasteiger partial charge is 0.345 e. The molecule has 0 saturated carbocycles. The minimum Gasteiger partial charge on any atom is -0.345 e. The second-order valence-corrected chi connectivity index (χ2v) is 8.58. The quantitative estimate of drug-likeness (QED) is 0.502. The van der Waals surface area contributed by atoms with E-state index in [9.17, 15) is 4.79 Å². The molecule has 3 heteroatoms. The molecule has 1 N–H and O–H groups in total. The highest BCUT2D eigenvalue weighted by Crippen LogP contribution is 2.24. The van der Waals surface area contributed by atoms with E-state index >= 15 is 0 Å². The molecule has 1 heterocycles. The molecular weight excluding hydrogens is 392 g/mol. The fraction of sp³-hybridized carbons (Fsp3) is 0.276. The van der Waals surface area contributed by atoms with Gasteiger partial charge in [0.05, 0.1) is 6.04 Å². The molecule has 0 aliphatic carbocycles. The van der Waals surface area contributed by atoms with Crippen molar-refractivity contribution in [3.63, 3.8) is 0 Å². The molecule has 1 saturated heterocycles. The average molecular weight is 425 g/mol. The minimum absolute atomic E-state index is 0.104. The fourth-order valence-electron chi connectivity index (χ4n) is 4.41. The van der Waals surface area contributed by atoms with Crippen LogP contribution in [0.4, 0.5) is 0 Å². The van der Waals surface area contributed by atoms with Crippen LogP contribution >= 0.6 is 0 Å². The summed E-state index contributed by atoms with van der Waals surface area (Å²) in [7, 11) is 0. The lowest BCUT2D eigenvalue weighted by Gasteiger charge is -2.31. The van der Waals surface area contributed by atoms with Crippen LogP contribution in [-0.2, 0) is 4.79 Å². The first-order valence-electron chi connectivity index (χ1n) is 11.6. The predicted octanol–water partition coefficient (Wildman–Crippen LogP) is 5.71. The monoisotopic (exact) mass is 424 g/mol. The smallest absolute Gasteiger partial charge is 0.221 e. The standard InChI is InChI=1S/C29H32N2O/c32-28(30-29(26-14-6-2-7-15-26)27-16-8-3-9-17-27)23-25-18-21-31(22-19-25)20-10-13-24-11-4-1-5-12-24/h1-17,25,29H,18-23H2,(H,30,32)/b13-10+. The number of piperidine rings is 1. The zero-order chi connectivity index (χ0) is 22.0. The Labute approximate surface area is 191 Å². The van der Waals surface area contributed by atoms with Crippen molar-refractivity contribution in [1.29, 1.82) is 0 Å². The summed E-state index contributed by atoms with van der Waals surface area (Å²) in [4.78, 5) is 15.4. The highest BCUT2D eigenvalue weighted by atomic mass is 16.1. The Kier molecular flexibility index (Phi) is 7.89. The van der Waals surface area contributed by atoms with Crippen LogP contribution in [0.2, 0.25) is 0 Å². The van der Waals surface area contributed by atoms with Crippen molar-refractivity contribution in [3.8, 4) is 0 Å². The van der Waals surface area contributed by atoms with E-state index in [2.05, 4.69) is 70.9 Å². The number of amides is 1. The van der Waals surface area contributed by atoms with E-state index in [-0.39, 0.29) is 11.9 Å². The minimum atomic E-state index is -0.104. The number of nitrogens with zero attached hydrogens (tertiary/aromatic N) is 1. The van der Waals surface area contributed by atoms with Crippen molar-refractivity contribution in [1.82, 2.24) is 10.2 Å². The molecule has 3 nitrogen and oxygen atoms in total. The molecule has 1 amide bonds. The molecule has 0 aromatic heterocycles. The molecule has 0 bridgehead atoms. The van der Waals surface area contributed by atoms with Crippen molar-refractivity contribution in [2.75, 3.05) is 19.6 Å². The van der Waals surface area contributed by atoms with Gasteiger partial charge in [0.2, 0.25) is 5.91 Å². The van der Waals surface area contributed by atoms with Crippen LogP contribution in [0, 0.1) is 5.92 Å². The van der Waals surface area contributed by atoms with Gasteiger partial charge in [0, 0.05) is 13.0 Å². The molecule has 1 aliphatic heterocycles. The lowest BCUT2D eigenvalue weighted by Crippen LogP contribution is -2.36. The van der Waals surface area contributed by atoms with E-state index in [1.165, 1.54) is 5.56 Å². The lowest BCUT2D eigenvalue weighted by molar-refractivity contribution is -0.122.